The van der Waals surface area contributed by atoms with E-state index in [1.54, 1.807) is 56.7 Å². The zero-order chi connectivity index (χ0) is 18.5. The highest BCUT2D eigenvalue weighted by Gasteiger charge is 2.15. The summed E-state index contributed by atoms with van der Waals surface area (Å²) in [6.07, 6.45) is 0. The third kappa shape index (κ3) is 3.75. The fraction of sp³-hybridized carbons (Fsp3) is 0.167. The van der Waals surface area contributed by atoms with Gasteiger partial charge in [0.1, 0.15) is 17.2 Å². The number of carbonyl (C=O) groups excluding carboxylic acids is 1. The molecule has 0 spiro atoms. The van der Waals surface area contributed by atoms with Gasteiger partial charge in [0.25, 0.3) is 5.91 Å². The van der Waals surface area contributed by atoms with Crippen LogP contribution in [0, 0.1) is 0 Å². The quantitative estimate of drug-likeness (QED) is 0.726. The van der Waals surface area contributed by atoms with E-state index in [9.17, 15) is 4.79 Å². The molecule has 0 saturated heterocycles. The molecule has 0 radical (unpaired) electrons. The van der Waals surface area contributed by atoms with E-state index in [0.29, 0.717) is 28.4 Å². The number of nitrogens with zero attached hydrogens (tertiary/aromatic N) is 2. The lowest BCUT2D eigenvalue weighted by Crippen LogP contribution is -2.12. The molecule has 8 nitrogen and oxygen atoms in total. The molecule has 1 heterocycles. The number of benzene rings is 2. The third-order valence-corrected chi connectivity index (χ3v) is 3.58. The molecule has 0 unspecified atom stereocenters. The van der Waals surface area contributed by atoms with E-state index in [4.69, 9.17) is 18.6 Å². The van der Waals surface area contributed by atoms with Crippen molar-refractivity contribution >= 4 is 11.9 Å². The van der Waals surface area contributed by atoms with E-state index >= 15 is 0 Å². The summed E-state index contributed by atoms with van der Waals surface area (Å²) in [5.41, 5.74) is 1.02. The van der Waals surface area contributed by atoms with Gasteiger partial charge in [0.2, 0.25) is 5.89 Å². The lowest BCUT2D eigenvalue weighted by molar-refractivity contribution is 0.102. The molecule has 8 heteroatoms. The van der Waals surface area contributed by atoms with Crippen molar-refractivity contribution in [3.63, 3.8) is 0 Å². The van der Waals surface area contributed by atoms with Crippen LogP contribution < -0.4 is 19.5 Å². The van der Waals surface area contributed by atoms with Crippen molar-refractivity contribution in [3.05, 3.63) is 48.0 Å². The number of hydrogen-bond donors (Lipinski definition) is 1. The van der Waals surface area contributed by atoms with Crippen LogP contribution in [-0.4, -0.2) is 37.4 Å². The predicted molar refractivity (Wildman–Crippen MR) is 93.8 cm³/mol. The maximum absolute atomic E-state index is 12.3. The Bertz CT molecular complexity index is 900. The molecule has 134 valence electrons. The molecule has 2 aromatic carbocycles. The first kappa shape index (κ1) is 17.3. The molecule has 0 aliphatic rings. The molecule has 3 aromatic rings. The number of hydrogen-bond acceptors (Lipinski definition) is 7. The van der Waals surface area contributed by atoms with E-state index < -0.39 is 0 Å². The summed E-state index contributed by atoms with van der Waals surface area (Å²) in [6, 6.07) is 11.9. The van der Waals surface area contributed by atoms with Gasteiger partial charge in [0.05, 0.1) is 21.3 Å². The molecule has 0 fully saturated rings. The summed E-state index contributed by atoms with van der Waals surface area (Å²) in [5, 5.41) is 10.4. The van der Waals surface area contributed by atoms with Gasteiger partial charge < -0.3 is 18.6 Å². The first-order valence-corrected chi connectivity index (χ1v) is 7.65. The largest absolute Gasteiger partial charge is 0.497 e. The lowest BCUT2D eigenvalue weighted by Gasteiger charge is -2.06. The number of ether oxygens (including phenoxy) is 3. The molecule has 1 N–H and O–H groups in total. The van der Waals surface area contributed by atoms with Gasteiger partial charge in [-0.15, -0.1) is 5.10 Å². The minimum atomic E-state index is -0.387. The van der Waals surface area contributed by atoms with Gasteiger partial charge in [0.15, 0.2) is 0 Å². The van der Waals surface area contributed by atoms with Gasteiger partial charge in [-0.25, -0.2) is 0 Å². The Morgan fingerprint density at radius 2 is 1.62 bits per heavy atom. The number of rotatable bonds is 6. The SMILES string of the molecule is COc1cccc(C(=O)Nc2nnc(-c3cc(OC)cc(OC)c3)o2)c1. The van der Waals surface area contributed by atoms with Crippen LogP contribution in [-0.2, 0) is 0 Å². The smallest absolute Gasteiger partial charge is 0.322 e. The molecule has 1 aromatic heterocycles. The van der Waals surface area contributed by atoms with Crippen molar-refractivity contribution in [1.82, 2.24) is 10.2 Å². The first-order valence-electron chi connectivity index (χ1n) is 7.65. The van der Waals surface area contributed by atoms with Gasteiger partial charge >= 0.3 is 6.01 Å². The van der Waals surface area contributed by atoms with Crippen LogP contribution in [0.3, 0.4) is 0 Å². The van der Waals surface area contributed by atoms with Gasteiger partial charge in [-0.3, -0.25) is 10.1 Å². The summed E-state index contributed by atoms with van der Waals surface area (Å²) >= 11 is 0. The van der Waals surface area contributed by atoms with E-state index in [1.807, 2.05) is 0 Å². The number of carbonyl (C=O) groups is 1. The molecule has 26 heavy (non-hydrogen) atoms. The normalized spacial score (nSPS) is 10.3. The van der Waals surface area contributed by atoms with Crippen LogP contribution in [0.25, 0.3) is 11.5 Å². The molecular formula is C18H17N3O5. The Morgan fingerprint density at radius 3 is 2.27 bits per heavy atom. The van der Waals surface area contributed by atoms with E-state index in [1.165, 1.54) is 7.11 Å². The van der Waals surface area contributed by atoms with Crippen LogP contribution >= 0.6 is 0 Å². The number of nitrogens with one attached hydrogen (secondary N) is 1. The summed E-state index contributed by atoms with van der Waals surface area (Å²) < 4.78 is 21.1. The second-order valence-electron chi connectivity index (χ2n) is 5.20. The second-order valence-corrected chi connectivity index (χ2v) is 5.20. The Balaban J connectivity index is 1.80. The van der Waals surface area contributed by atoms with Crippen LogP contribution in [0.1, 0.15) is 10.4 Å². The number of aromatic nitrogens is 2. The average molecular weight is 355 g/mol. The summed E-state index contributed by atoms with van der Waals surface area (Å²) in [4.78, 5) is 12.3. The van der Waals surface area contributed by atoms with E-state index in [0.717, 1.165) is 0 Å². The highest BCUT2D eigenvalue weighted by molar-refractivity contribution is 6.03. The maximum Gasteiger partial charge on any atom is 0.322 e. The van der Waals surface area contributed by atoms with Gasteiger partial charge in [-0.05, 0) is 30.3 Å². The minimum absolute atomic E-state index is 0.0189. The standard InChI is InChI=1S/C18H17N3O5/c1-23-13-6-4-5-11(7-13)16(22)19-18-21-20-17(26-18)12-8-14(24-2)10-15(9-12)25-3/h4-10H,1-3H3,(H,19,21,22). The molecule has 1 amide bonds. The summed E-state index contributed by atoms with van der Waals surface area (Å²) in [7, 11) is 4.63. The second kappa shape index (κ2) is 7.56. The van der Waals surface area contributed by atoms with Crippen molar-refractivity contribution < 1.29 is 23.4 Å². The molecule has 0 aliphatic heterocycles. The Kier molecular flexibility index (Phi) is 5.02. The third-order valence-electron chi connectivity index (χ3n) is 3.58. The van der Waals surface area contributed by atoms with Crippen molar-refractivity contribution in [1.29, 1.82) is 0 Å². The van der Waals surface area contributed by atoms with Crippen molar-refractivity contribution in [2.45, 2.75) is 0 Å². The van der Waals surface area contributed by atoms with Crippen molar-refractivity contribution in [2.24, 2.45) is 0 Å². The van der Waals surface area contributed by atoms with E-state index in [-0.39, 0.29) is 17.8 Å². The summed E-state index contributed by atoms with van der Waals surface area (Å²) in [5.74, 6) is 1.58. The number of anilines is 1. The molecule has 0 atom stereocenters. The molecule has 0 saturated carbocycles. The van der Waals surface area contributed by atoms with Crippen LogP contribution in [0.4, 0.5) is 6.01 Å². The Labute approximate surface area is 149 Å². The van der Waals surface area contributed by atoms with E-state index in [2.05, 4.69) is 15.5 Å². The lowest BCUT2D eigenvalue weighted by atomic mass is 10.2. The molecule has 3 rings (SSSR count). The molecule has 0 bridgehead atoms. The Morgan fingerprint density at radius 1 is 0.923 bits per heavy atom. The average Bonchev–Trinajstić information content (AvgIpc) is 3.16. The fourth-order valence-electron chi connectivity index (χ4n) is 2.25. The maximum atomic E-state index is 12.3. The number of methoxy groups -OCH3 is 3. The van der Waals surface area contributed by atoms with Gasteiger partial charge in [-0.1, -0.05) is 11.2 Å². The zero-order valence-electron chi connectivity index (χ0n) is 14.5. The van der Waals surface area contributed by atoms with Crippen molar-refractivity contribution in [2.75, 3.05) is 26.6 Å². The van der Waals surface area contributed by atoms with Crippen LogP contribution in [0.2, 0.25) is 0 Å². The van der Waals surface area contributed by atoms with Gasteiger partial charge in [-0.2, -0.15) is 0 Å². The summed E-state index contributed by atoms with van der Waals surface area (Å²) in [6.45, 7) is 0. The highest BCUT2D eigenvalue weighted by Crippen LogP contribution is 2.29. The first-order chi connectivity index (χ1) is 12.6. The topological polar surface area (TPSA) is 95.7 Å². The predicted octanol–water partition coefficient (Wildman–Crippen LogP) is 3.01. The molecule has 0 aliphatic carbocycles. The fourth-order valence-corrected chi connectivity index (χ4v) is 2.25. The minimum Gasteiger partial charge on any atom is -0.497 e. The number of amides is 1. The van der Waals surface area contributed by atoms with Gasteiger partial charge in [0, 0.05) is 17.2 Å². The highest BCUT2D eigenvalue weighted by atomic mass is 16.5. The zero-order valence-corrected chi connectivity index (χ0v) is 14.5. The Hall–Kier alpha value is -3.55. The molecular weight excluding hydrogens is 338 g/mol. The van der Waals surface area contributed by atoms with Crippen LogP contribution in [0.5, 0.6) is 17.2 Å². The monoisotopic (exact) mass is 355 g/mol. The van der Waals surface area contributed by atoms with Crippen molar-refractivity contribution in [3.8, 4) is 28.7 Å². The van der Waals surface area contributed by atoms with Crippen LogP contribution in [0.15, 0.2) is 46.9 Å².